The first-order chi connectivity index (χ1) is 13.6. The van der Waals surface area contributed by atoms with E-state index in [1.807, 2.05) is 38.2 Å². The summed E-state index contributed by atoms with van der Waals surface area (Å²) >= 11 is 6.11. The molecule has 0 spiro atoms. The van der Waals surface area contributed by atoms with Crippen LogP contribution in [0.15, 0.2) is 45.8 Å². The van der Waals surface area contributed by atoms with Gasteiger partial charge in [0.05, 0.1) is 19.3 Å². The van der Waals surface area contributed by atoms with Crippen LogP contribution < -0.4 is 5.32 Å². The summed E-state index contributed by atoms with van der Waals surface area (Å²) in [6, 6.07) is 12.1. The zero-order valence-corrected chi connectivity index (χ0v) is 17.6. The molecular weight excluding hydrogens is 376 g/mol. The highest BCUT2D eigenvalue weighted by atomic mass is 35.5. The van der Waals surface area contributed by atoms with Crippen LogP contribution in [0.5, 0.6) is 0 Å². The molecule has 28 heavy (non-hydrogen) atoms. The number of ether oxygens (including phenoxy) is 1. The molecule has 1 aliphatic rings. The maximum absolute atomic E-state index is 6.11. The maximum Gasteiger partial charge on any atom is 0.193 e. The second kappa shape index (κ2) is 9.96. The Bertz CT molecular complexity index is 786. The summed E-state index contributed by atoms with van der Waals surface area (Å²) in [6.07, 6.45) is 0. The molecule has 1 aliphatic heterocycles. The summed E-state index contributed by atoms with van der Waals surface area (Å²) in [5.74, 6) is 2.73. The van der Waals surface area contributed by atoms with Crippen molar-refractivity contribution in [2.24, 2.45) is 4.99 Å². The second-order valence-corrected chi connectivity index (χ2v) is 7.46. The van der Waals surface area contributed by atoms with Crippen LogP contribution in [0.1, 0.15) is 23.1 Å². The number of morpholine rings is 1. The standard InChI is InChI=1S/C21H29ClN4O2/c1-16-7-8-20(28-16)19(26-9-11-27-12-10-26)14-24-21(23-2)25(3)15-17-5-4-6-18(22)13-17/h4-8,13,19H,9-12,14-15H2,1-3H3,(H,23,24). The van der Waals surface area contributed by atoms with Crippen LogP contribution in [-0.4, -0.2) is 62.7 Å². The van der Waals surface area contributed by atoms with Gasteiger partial charge < -0.3 is 19.4 Å². The Morgan fingerprint density at radius 3 is 2.71 bits per heavy atom. The number of guanidine groups is 1. The molecule has 1 aromatic heterocycles. The number of halogens is 1. The van der Waals surface area contributed by atoms with Gasteiger partial charge in [-0.25, -0.2) is 0 Å². The molecule has 3 rings (SSSR count). The first-order valence-corrected chi connectivity index (χ1v) is 9.99. The Morgan fingerprint density at radius 2 is 2.07 bits per heavy atom. The third-order valence-corrected chi connectivity index (χ3v) is 5.15. The number of furan rings is 1. The lowest BCUT2D eigenvalue weighted by Gasteiger charge is -2.34. The lowest BCUT2D eigenvalue weighted by atomic mass is 10.1. The van der Waals surface area contributed by atoms with Crippen molar-refractivity contribution in [2.75, 3.05) is 46.9 Å². The Hall–Kier alpha value is -2.02. The molecule has 2 heterocycles. The monoisotopic (exact) mass is 404 g/mol. The SMILES string of the molecule is CN=C(NCC(c1ccc(C)o1)N1CCOCC1)N(C)Cc1cccc(Cl)c1. The highest BCUT2D eigenvalue weighted by Crippen LogP contribution is 2.23. The van der Waals surface area contributed by atoms with E-state index in [1.54, 1.807) is 7.05 Å². The van der Waals surface area contributed by atoms with E-state index in [4.69, 9.17) is 20.8 Å². The van der Waals surface area contributed by atoms with Crippen molar-refractivity contribution in [3.05, 3.63) is 58.5 Å². The summed E-state index contributed by atoms with van der Waals surface area (Å²) in [4.78, 5) is 8.94. The zero-order valence-electron chi connectivity index (χ0n) is 16.8. The van der Waals surface area contributed by atoms with Gasteiger partial charge in [0, 0.05) is 45.3 Å². The van der Waals surface area contributed by atoms with E-state index in [2.05, 4.69) is 32.2 Å². The van der Waals surface area contributed by atoms with Crippen LogP contribution in [0.3, 0.4) is 0 Å². The van der Waals surface area contributed by atoms with Crippen LogP contribution in [0.25, 0.3) is 0 Å². The average molecular weight is 405 g/mol. The molecular formula is C21H29ClN4O2. The van der Waals surface area contributed by atoms with E-state index < -0.39 is 0 Å². The van der Waals surface area contributed by atoms with Crippen LogP contribution in [0.2, 0.25) is 5.02 Å². The smallest absolute Gasteiger partial charge is 0.193 e. The second-order valence-electron chi connectivity index (χ2n) is 7.03. The number of nitrogens with zero attached hydrogens (tertiary/aromatic N) is 3. The Morgan fingerprint density at radius 1 is 1.29 bits per heavy atom. The van der Waals surface area contributed by atoms with Gasteiger partial charge in [-0.1, -0.05) is 23.7 Å². The van der Waals surface area contributed by atoms with Gasteiger partial charge in [-0.05, 0) is 36.8 Å². The fourth-order valence-electron chi connectivity index (χ4n) is 3.49. The van der Waals surface area contributed by atoms with Gasteiger partial charge in [0.25, 0.3) is 0 Å². The topological polar surface area (TPSA) is 53.2 Å². The van der Waals surface area contributed by atoms with Crippen molar-refractivity contribution in [1.82, 2.24) is 15.1 Å². The molecule has 152 valence electrons. The summed E-state index contributed by atoms with van der Waals surface area (Å²) in [7, 11) is 3.83. The van der Waals surface area contributed by atoms with Crippen LogP contribution >= 0.6 is 11.6 Å². The highest BCUT2D eigenvalue weighted by molar-refractivity contribution is 6.30. The number of aliphatic imine (C=N–C) groups is 1. The van der Waals surface area contributed by atoms with Gasteiger partial charge in [0.2, 0.25) is 0 Å². The van der Waals surface area contributed by atoms with Crippen LogP contribution in [0.4, 0.5) is 0 Å². The van der Waals surface area contributed by atoms with Gasteiger partial charge >= 0.3 is 0 Å². The third-order valence-electron chi connectivity index (χ3n) is 4.91. The molecule has 1 aromatic carbocycles. The van der Waals surface area contributed by atoms with Crippen molar-refractivity contribution in [2.45, 2.75) is 19.5 Å². The van der Waals surface area contributed by atoms with Crippen molar-refractivity contribution < 1.29 is 9.15 Å². The molecule has 0 saturated carbocycles. The number of benzene rings is 1. The van der Waals surface area contributed by atoms with Gasteiger partial charge in [-0.2, -0.15) is 0 Å². The van der Waals surface area contributed by atoms with Crippen molar-refractivity contribution in [1.29, 1.82) is 0 Å². The number of aryl methyl sites for hydroxylation is 1. The Kier molecular flexibility index (Phi) is 7.36. The third kappa shape index (κ3) is 5.50. The van der Waals surface area contributed by atoms with Gasteiger partial charge in [0.15, 0.2) is 5.96 Å². The lowest BCUT2D eigenvalue weighted by Crippen LogP contribution is -2.46. The zero-order chi connectivity index (χ0) is 19.9. The summed E-state index contributed by atoms with van der Waals surface area (Å²) in [5, 5.41) is 4.25. The maximum atomic E-state index is 6.11. The normalized spacial score (nSPS) is 16.8. The first-order valence-electron chi connectivity index (χ1n) is 9.61. The summed E-state index contributed by atoms with van der Waals surface area (Å²) in [6.45, 7) is 6.69. The molecule has 6 nitrogen and oxygen atoms in total. The molecule has 2 aromatic rings. The predicted octanol–water partition coefficient (Wildman–Crippen LogP) is 3.32. The molecule has 7 heteroatoms. The summed E-state index contributed by atoms with van der Waals surface area (Å²) < 4.78 is 11.5. The fraction of sp³-hybridized carbons (Fsp3) is 0.476. The van der Waals surface area contributed by atoms with E-state index in [1.165, 1.54) is 0 Å². The molecule has 1 saturated heterocycles. The predicted molar refractivity (Wildman–Crippen MR) is 113 cm³/mol. The van der Waals surface area contributed by atoms with E-state index in [9.17, 15) is 0 Å². The van der Waals surface area contributed by atoms with Gasteiger partial charge in [-0.3, -0.25) is 9.89 Å². The highest BCUT2D eigenvalue weighted by Gasteiger charge is 2.25. The minimum absolute atomic E-state index is 0.133. The molecule has 0 aliphatic carbocycles. The molecule has 1 unspecified atom stereocenters. The van der Waals surface area contributed by atoms with E-state index in [0.717, 1.165) is 60.9 Å². The molecule has 0 amide bonds. The number of nitrogens with one attached hydrogen (secondary N) is 1. The quantitative estimate of drug-likeness (QED) is 0.591. The first kappa shape index (κ1) is 20.7. The number of rotatable bonds is 6. The minimum atomic E-state index is 0.133. The Balaban J connectivity index is 1.66. The molecule has 1 fully saturated rings. The molecule has 0 radical (unpaired) electrons. The van der Waals surface area contributed by atoms with E-state index in [-0.39, 0.29) is 6.04 Å². The van der Waals surface area contributed by atoms with E-state index >= 15 is 0 Å². The number of hydrogen-bond acceptors (Lipinski definition) is 4. The van der Waals surface area contributed by atoms with Crippen molar-refractivity contribution in [3.63, 3.8) is 0 Å². The molecule has 1 N–H and O–H groups in total. The minimum Gasteiger partial charge on any atom is -0.465 e. The Labute approximate surface area is 172 Å². The summed E-state index contributed by atoms with van der Waals surface area (Å²) in [5.41, 5.74) is 1.14. The average Bonchev–Trinajstić information content (AvgIpc) is 3.12. The number of hydrogen-bond donors (Lipinski definition) is 1. The van der Waals surface area contributed by atoms with Gasteiger partial charge in [-0.15, -0.1) is 0 Å². The van der Waals surface area contributed by atoms with Crippen molar-refractivity contribution in [3.8, 4) is 0 Å². The van der Waals surface area contributed by atoms with Crippen molar-refractivity contribution >= 4 is 17.6 Å². The van der Waals surface area contributed by atoms with E-state index in [0.29, 0.717) is 6.54 Å². The van der Waals surface area contributed by atoms with Crippen LogP contribution in [-0.2, 0) is 11.3 Å². The van der Waals surface area contributed by atoms with Gasteiger partial charge in [0.1, 0.15) is 11.5 Å². The van der Waals surface area contributed by atoms with Crippen LogP contribution in [0, 0.1) is 6.92 Å². The fourth-order valence-corrected chi connectivity index (χ4v) is 3.70. The molecule has 0 bridgehead atoms. The lowest BCUT2D eigenvalue weighted by molar-refractivity contribution is 0.0123. The molecule has 1 atom stereocenters. The largest absolute Gasteiger partial charge is 0.465 e.